The molecule has 0 unspecified atom stereocenters. The Labute approximate surface area is 86.5 Å². The summed E-state index contributed by atoms with van der Waals surface area (Å²) >= 11 is 0. The molecule has 8 heavy (non-hydrogen) atoms. The van der Waals surface area contributed by atoms with Gasteiger partial charge in [0.15, 0.2) is 0 Å². The van der Waals surface area contributed by atoms with E-state index in [1.165, 1.54) is 0 Å². The van der Waals surface area contributed by atoms with E-state index in [2.05, 4.69) is 0 Å². The monoisotopic (exact) mass is 192 g/mol. The summed E-state index contributed by atoms with van der Waals surface area (Å²) in [6.45, 7) is 3.77. The van der Waals surface area contributed by atoms with Crippen molar-refractivity contribution in [2.45, 2.75) is 20.3 Å². The number of carboxylic acid groups (broad SMARTS) is 1. The number of hydrogen-bond acceptors (Lipinski definition) is 1. The van der Waals surface area contributed by atoms with Gasteiger partial charge >= 0.3 is 51.5 Å². The third-order valence-corrected chi connectivity index (χ3v) is 0.583. The van der Waals surface area contributed by atoms with E-state index in [1.807, 2.05) is 13.8 Å². The van der Waals surface area contributed by atoms with E-state index in [0.717, 1.165) is 0 Å². The second-order valence-corrected chi connectivity index (χ2v) is 1.99. The minimum absolute atomic E-state index is 0. The van der Waals surface area contributed by atoms with Crippen molar-refractivity contribution in [3.8, 4) is 0 Å². The molecule has 46 valence electrons. The van der Waals surface area contributed by atoms with Crippen LogP contribution in [0.1, 0.15) is 20.3 Å². The molecule has 0 aliphatic carbocycles. The molecule has 0 aromatic carbocycles. The Morgan fingerprint density at radius 1 is 1.62 bits per heavy atom. The van der Waals surface area contributed by atoms with Gasteiger partial charge in [0.2, 0.25) is 0 Å². The molecule has 2 nitrogen and oxygen atoms in total. The summed E-state index contributed by atoms with van der Waals surface area (Å²) in [5.74, 6) is -0.438. The molecule has 3 heteroatoms. The molecular weight excluding hydrogens is 180 g/mol. The van der Waals surface area contributed by atoms with Crippen LogP contribution in [0.15, 0.2) is 0 Å². The van der Waals surface area contributed by atoms with Gasteiger partial charge in [-0.1, -0.05) is 13.8 Å². The first-order valence-corrected chi connectivity index (χ1v) is 2.34. The van der Waals surface area contributed by atoms with Gasteiger partial charge in [0.05, 0.1) is 0 Å². The SMILES string of the molecule is CC(C)CC(=O)O.[SrH2]. The maximum absolute atomic E-state index is 9.81. The van der Waals surface area contributed by atoms with Crippen LogP contribution >= 0.6 is 0 Å². The van der Waals surface area contributed by atoms with E-state index in [4.69, 9.17) is 5.11 Å². The van der Waals surface area contributed by atoms with Crippen molar-refractivity contribution in [1.82, 2.24) is 0 Å². The summed E-state index contributed by atoms with van der Waals surface area (Å²) < 4.78 is 0. The molecule has 0 aliphatic rings. The molecule has 0 amide bonds. The molecule has 0 saturated heterocycles. The van der Waals surface area contributed by atoms with Crippen LogP contribution in [0, 0.1) is 5.92 Å². The number of carbonyl (C=O) groups is 1. The fraction of sp³-hybridized carbons (Fsp3) is 0.800. The predicted octanol–water partition coefficient (Wildman–Crippen LogP) is 0.201. The first kappa shape index (κ1) is 11.7. The van der Waals surface area contributed by atoms with Crippen LogP contribution in [-0.2, 0) is 4.79 Å². The fourth-order valence-electron chi connectivity index (χ4n) is 0.349. The van der Waals surface area contributed by atoms with E-state index in [0.29, 0.717) is 0 Å². The molecule has 1 N–H and O–H groups in total. The van der Waals surface area contributed by atoms with Gasteiger partial charge in [0, 0.05) is 6.42 Å². The van der Waals surface area contributed by atoms with E-state index in [1.54, 1.807) is 0 Å². The van der Waals surface area contributed by atoms with Crippen molar-refractivity contribution in [3.63, 3.8) is 0 Å². The van der Waals surface area contributed by atoms with Gasteiger partial charge in [-0.3, -0.25) is 4.79 Å². The van der Waals surface area contributed by atoms with Crippen molar-refractivity contribution in [1.29, 1.82) is 0 Å². The Morgan fingerprint density at radius 3 is 2.00 bits per heavy atom. The maximum atomic E-state index is 9.81. The van der Waals surface area contributed by atoms with Crippen LogP contribution in [0.5, 0.6) is 0 Å². The first-order valence-electron chi connectivity index (χ1n) is 2.34. The average Bonchev–Trinajstić information content (AvgIpc) is 1.27. The van der Waals surface area contributed by atoms with Crippen LogP contribution in [0.25, 0.3) is 0 Å². The molecular formula is C5H12O2Sr. The van der Waals surface area contributed by atoms with Crippen molar-refractivity contribution < 1.29 is 9.90 Å². The Bertz CT molecular complexity index is 70.8. The van der Waals surface area contributed by atoms with Gasteiger partial charge < -0.3 is 5.11 Å². The topological polar surface area (TPSA) is 37.3 Å². The molecule has 0 fully saturated rings. The zero-order chi connectivity index (χ0) is 5.86. The zero-order valence-corrected chi connectivity index (χ0v) is 4.64. The molecule has 0 rings (SSSR count). The number of aliphatic carboxylic acids is 1. The second-order valence-electron chi connectivity index (χ2n) is 1.99. The van der Waals surface area contributed by atoms with Gasteiger partial charge in [-0.15, -0.1) is 0 Å². The molecule has 0 atom stereocenters. The van der Waals surface area contributed by atoms with Crippen LogP contribution in [0.4, 0.5) is 0 Å². The first-order chi connectivity index (χ1) is 3.13. The normalized spacial score (nSPS) is 8.38. The Balaban J connectivity index is 0. The van der Waals surface area contributed by atoms with E-state index < -0.39 is 5.97 Å². The predicted molar refractivity (Wildman–Crippen MR) is 35.6 cm³/mol. The summed E-state index contributed by atoms with van der Waals surface area (Å²) in [7, 11) is 0. The van der Waals surface area contributed by atoms with Crippen LogP contribution in [0.2, 0.25) is 0 Å². The van der Waals surface area contributed by atoms with Crippen LogP contribution in [0.3, 0.4) is 0 Å². The number of rotatable bonds is 2. The van der Waals surface area contributed by atoms with Gasteiger partial charge in [-0.2, -0.15) is 0 Å². The average molecular weight is 192 g/mol. The summed E-state index contributed by atoms with van der Waals surface area (Å²) in [6, 6.07) is 0. The molecule has 0 spiro atoms. The van der Waals surface area contributed by atoms with Crippen molar-refractivity contribution >= 4 is 51.5 Å². The third kappa shape index (κ3) is 10.0. The Kier molecular flexibility index (Phi) is 8.90. The summed E-state index contributed by atoms with van der Waals surface area (Å²) in [6.07, 6.45) is 0.278. The third-order valence-electron chi connectivity index (χ3n) is 0.583. The van der Waals surface area contributed by atoms with Crippen molar-refractivity contribution in [2.75, 3.05) is 0 Å². The molecule has 0 aromatic heterocycles. The van der Waals surface area contributed by atoms with E-state index >= 15 is 0 Å². The molecule has 0 bridgehead atoms. The van der Waals surface area contributed by atoms with Gasteiger partial charge in [-0.25, -0.2) is 0 Å². The van der Waals surface area contributed by atoms with Gasteiger partial charge in [0.25, 0.3) is 0 Å². The van der Waals surface area contributed by atoms with Gasteiger partial charge in [0.1, 0.15) is 0 Å². The molecule has 0 saturated carbocycles. The van der Waals surface area contributed by atoms with Crippen LogP contribution < -0.4 is 0 Å². The number of carboxylic acids is 1. The molecule has 0 heterocycles. The quantitative estimate of drug-likeness (QED) is 0.634. The van der Waals surface area contributed by atoms with Crippen molar-refractivity contribution in [3.05, 3.63) is 0 Å². The molecule has 0 radical (unpaired) electrons. The molecule has 0 aliphatic heterocycles. The number of hydrogen-bond donors (Lipinski definition) is 1. The molecule has 0 aromatic rings. The minimum atomic E-state index is -0.713. The van der Waals surface area contributed by atoms with E-state index in [-0.39, 0.29) is 57.8 Å². The van der Waals surface area contributed by atoms with Crippen molar-refractivity contribution in [2.24, 2.45) is 5.92 Å². The summed E-state index contributed by atoms with van der Waals surface area (Å²) in [5, 5.41) is 8.08. The second kappa shape index (κ2) is 6.08. The van der Waals surface area contributed by atoms with Crippen LogP contribution in [-0.4, -0.2) is 56.6 Å². The van der Waals surface area contributed by atoms with E-state index in [9.17, 15) is 4.79 Å². The fourth-order valence-corrected chi connectivity index (χ4v) is 0.349. The Morgan fingerprint density at radius 2 is 2.00 bits per heavy atom. The zero-order valence-electron chi connectivity index (χ0n) is 4.64. The standard InChI is InChI=1S/C5H10O2.Sr.2H/c1-4(2)3-5(6)7;;;/h4H,3H2,1-2H3,(H,6,7);;;. The summed E-state index contributed by atoms with van der Waals surface area (Å²) in [4.78, 5) is 9.81. The Hall–Kier alpha value is 0.951. The summed E-state index contributed by atoms with van der Waals surface area (Å²) in [5.41, 5.74) is 0. The van der Waals surface area contributed by atoms with Gasteiger partial charge in [-0.05, 0) is 5.92 Å².